The van der Waals surface area contributed by atoms with Crippen molar-refractivity contribution in [1.29, 1.82) is 0 Å². The van der Waals surface area contributed by atoms with Crippen molar-refractivity contribution in [3.63, 3.8) is 0 Å². The van der Waals surface area contributed by atoms with Gasteiger partial charge in [0.05, 0.1) is 5.92 Å². The number of halogens is 1. The van der Waals surface area contributed by atoms with Gasteiger partial charge in [0.25, 0.3) is 0 Å². The van der Waals surface area contributed by atoms with Crippen LogP contribution in [0.25, 0.3) is 0 Å². The van der Waals surface area contributed by atoms with Crippen LogP contribution in [-0.4, -0.2) is 36.9 Å². The molecule has 1 aromatic carbocycles. The van der Waals surface area contributed by atoms with Gasteiger partial charge < -0.3 is 15.2 Å². The summed E-state index contributed by atoms with van der Waals surface area (Å²) in [5, 5.41) is 12.7. The molecule has 0 aliphatic carbocycles. The molecule has 122 valence electrons. The van der Waals surface area contributed by atoms with Crippen LogP contribution in [0.3, 0.4) is 0 Å². The molecule has 2 N–H and O–H groups in total. The van der Waals surface area contributed by atoms with Gasteiger partial charge in [-0.25, -0.2) is 4.39 Å². The van der Waals surface area contributed by atoms with Crippen molar-refractivity contribution >= 4 is 5.97 Å². The van der Waals surface area contributed by atoms with Gasteiger partial charge in [-0.3, -0.25) is 4.79 Å². The van der Waals surface area contributed by atoms with E-state index in [2.05, 4.69) is 5.32 Å². The third-order valence-corrected chi connectivity index (χ3v) is 4.32. The maximum Gasteiger partial charge on any atom is 0.308 e. The predicted molar refractivity (Wildman–Crippen MR) is 82.2 cm³/mol. The van der Waals surface area contributed by atoms with E-state index in [1.54, 1.807) is 12.1 Å². The zero-order valence-electron chi connectivity index (χ0n) is 12.9. The van der Waals surface area contributed by atoms with Crippen molar-refractivity contribution in [2.24, 2.45) is 11.8 Å². The van der Waals surface area contributed by atoms with Gasteiger partial charge in [0.15, 0.2) is 0 Å². The maximum atomic E-state index is 13.6. The summed E-state index contributed by atoms with van der Waals surface area (Å²) < 4.78 is 18.9. The van der Waals surface area contributed by atoms with E-state index in [9.17, 15) is 14.3 Å². The number of hydrogen-bond donors (Lipinski definition) is 2. The molecular weight excluding hydrogens is 285 g/mol. The Morgan fingerprint density at radius 3 is 2.73 bits per heavy atom. The fourth-order valence-corrected chi connectivity index (χ4v) is 2.97. The molecule has 0 amide bonds. The lowest BCUT2D eigenvalue weighted by Crippen LogP contribution is -2.40. The number of ether oxygens (including phenoxy) is 1. The highest BCUT2D eigenvalue weighted by molar-refractivity contribution is 5.70. The van der Waals surface area contributed by atoms with Gasteiger partial charge in [0, 0.05) is 25.8 Å². The summed E-state index contributed by atoms with van der Waals surface area (Å²) in [6.45, 7) is 3.64. The first-order valence-corrected chi connectivity index (χ1v) is 7.85. The molecule has 5 heteroatoms. The third-order valence-electron chi connectivity index (χ3n) is 4.32. The smallest absolute Gasteiger partial charge is 0.308 e. The Kier molecular flexibility index (Phi) is 6.34. The van der Waals surface area contributed by atoms with Crippen molar-refractivity contribution in [2.75, 3.05) is 19.8 Å². The number of rotatable bonds is 7. The molecule has 0 aromatic heterocycles. The first kappa shape index (κ1) is 16.9. The Morgan fingerprint density at radius 1 is 1.41 bits per heavy atom. The van der Waals surface area contributed by atoms with Crippen LogP contribution in [0.5, 0.6) is 0 Å². The lowest BCUT2D eigenvalue weighted by atomic mass is 9.85. The van der Waals surface area contributed by atoms with Crippen LogP contribution in [0.2, 0.25) is 0 Å². The molecule has 0 bridgehead atoms. The quantitative estimate of drug-likeness (QED) is 0.812. The fraction of sp³-hybridized carbons (Fsp3) is 0.588. The second-order valence-corrected chi connectivity index (χ2v) is 6.00. The van der Waals surface area contributed by atoms with E-state index in [-0.39, 0.29) is 17.8 Å². The van der Waals surface area contributed by atoms with Gasteiger partial charge in [-0.05, 0) is 43.7 Å². The molecule has 1 saturated heterocycles. The van der Waals surface area contributed by atoms with Crippen LogP contribution in [0.15, 0.2) is 24.3 Å². The van der Waals surface area contributed by atoms with E-state index in [4.69, 9.17) is 4.74 Å². The fourth-order valence-electron chi connectivity index (χ4n) is 2.97. The molecule has 2 unspecified atom stereocenters. The minimum absolute atomic E-state index is 0.0265. The van der Waals surface area contributed by atoms with E-state index >= 15 is 0 Å². The highest BCUT2D eigenvalue weighted by atomic mass is 19.1. The Hall–Kier alpha value is -1.46. The van der Waals surface area contributed by atoms with E-state index < -0.39 is 11.9 Å². The van der Waals surface area contributed by atoms with Crippen LogP contribution in [0.1, 0.15) is 25.3 Å². The monoisotopic (exact) mass is 309 g/mol. The lowest BCUT2D eigenvalue weighted by Gasteiger charge is -2.28. The Bertz CT molecular complexity index is 489. The van der Waals surface area contributed by atoms with Gasteiger partial charge >= 0.3 is 5.97 Å². The van der Waals surface area contributed by atoms with Crippen LogP contribution in [0, 0.1) is 17.7 Å². The summed E-state index contributed by atoms with van der Waals surface area (Å²) in [5.41, 5.74) is 0.653. The van der Waals surface area contributed by atoms with Crippen LogP contribution >= 0.6 is 0 Å². The first-order chi connectivity index (χ1) is 10.6. The van der Waals surface area contributed by atoms with Crippen molar-refractivity contribution in [3.05, 3.63) is 35.6 Å². The van der Waals surface area contributed by atoms with Crippen molar-refractivity contribution in [1.82, 2.24) is 5.32 Å². The second kappa shape index (κ2) is 8.25. The standard InChI is InChI=1S/C17H24FNO3/c1-12(10-14-4-2-3-5-16(14)18)19-11-15(17(20)21)13-6-8-22-9-7-13/h2-5,12-13,15,19H,6-11H2,1H3,(H,20,21). The second-order valence-electron chi connectivity index (χ2n) is 6.00. The highest BCUT2D eigenvalue weighted by Gasteiger charge is 2.29. The van der Waals surface area contributed by atoms with Gasteiger partial charge in [-0.2, -0.15) is 0 Å². The summed E-state index contributed by atoms with van der Waals surface area (Å²) in [5.74, 6) is -1.24. The zero-order chi connectivity index (χ0) is 15.9. The summed E-state index contributed by atoms with van der Waals surface area (Å²) in [6.07, 6.45) is 2.13. The molecule has 1 fully saturated rings. The molecule has 4 nitrogen and oxygen atoms in total. The van der Waals surface area contributed by atoms with Crippen molar-refractivity contribution < 1.29 is 19.0 Å². The molecule has 2 rings (SSSR count). The van der Waals surface area contributed by atoms with Gasteiger partial charge in [-0.1, -0.05) is 18.2 Å². The van der Waals surface area contributed by atoms with Crippen LogP contribution in [-0.2, 0) is 16.0 Å². The molecule has 0 spiro atoms. The predicted octanol–water partition coefficient (Wildman–Crippen LogP) is 2.47. The summed E-state index contributed by atoms with van der Waals surface area (Å²) >= 11 is 0. The highest BCUT2D eigenvalue weighted by Crippen LogP contribution is 2.24. The van der Waals surface area contributed by atoms with Crippen molar-refractivity contribution in [2.45, 2.75) is 32.2 Å². The maximum absolute atomic E-state index is 13.6. The zero-order valence-corrected chi connectivity index (χ0v) is 12.9. The number of carbonyl (C=O) groups is 1. The molecule has 0 saturated carbocycles. The van der Waals surface area contributed by atoms with Gasteiger partial charge in [0.1, 0.15) is 5.82 Å². The topological polar surface area (TPSA) is 58.6 Å². The summed E-state index contributed by atoms with van der Waals surface area (Å²) in [4.78, 5) is 11.5. The van der Waals surface area contributed by atoms with Crippen LogP contribution < -0.4 is 5.32 Å². The Morgan fingerprint density at radius 2 is 2.09 bits per heavy atom. The molecule has 2 atom stereocenters. The molecule has 1 aliphatic heterocycles. The average molecular weight is 309 g/mol. The molecule has 1 aliphatic rings. The minimum atomic E-state index is -0.766. The third kappa shape index (κ3) is 4.78. The molecule has 22 heavy (non-hydrogen) atoms. The largest absolute Gasteiger partial charge is 0.481 e. The van der Waals surface area contributed by atoms with E-state index in [1.165, 1.54) is 6.07 Å². The molecule has 1 heterocycles. The lowest BCUT2D eigenvalue weighted by molar-refractivity contribution is -0.144. The number of aliphatic carboxylic acids is 1. The molecular formula is C17H24FNO3. The Balaban J connectivity index is 1.86. The SMILES string of the molecule is CC(Cc1ccccc1F)NCC(C(=O)O)C1CCOCC1. The first-order valence-electron chi connectivity index (χ1n) is 7.85. The van der Waals surface area contributed by atoms with Gasteiger partial charge in [0.2, 0.25) is 0 Å². The molecule has 1 aromatic rings. The number of carboxylic acid groups (broad SMARTS) is 1. The van der Waals surface area contributed by atoms with Gasteiger partial charge in [-0.15, -0.1) is 0 Å². The van der Waals surface area contributed by atoms with Crippen molar-refractivity contribution in [3.8, 4) is 0 Å². The normalized spacial score (nSPS) is 18.8. The summed E-state index contributed by atoms with van der Waals surface area (Å²) in [6, 6.07) is 6.72. The minimum Gasteiger partial charge on any atom is -0.481 e. The number of benzene rings is 1. The van der Waals surface area contributed by atoms with E-state index in [1.807, 2.05) is 13.0 Å². The summed E-state index contributed by atoms with van der Waals surface area (Å²) in [7, 11) is 0. The van der Waals surface area contributed by atoms with E-state index in [0.29, 0.717) is 31.7 Å². The average Bonchev–Trinajstić information content (AvgIpc) is 2.50. The number of hydrogen-bond acceptors (Lipinski definition) is 3. The number of nitrogens with one attached hydrogen (secondary N) is 1. The van der Waals surface area contributed by atoms with Crippen LogP contribution in [0.4, 0.5) is 4.39 Å². The molecule has 0 radical (unpaired) electrons. The Labute approximate surface area is 130 Å². The van der Waals surface area contributed by atoms with E-state index in [0.717, 1.165) is 12.8 Å². The number of carboxylic acids is 1.